The lowest BCUT2D eigenvalue weighted by atomic mass is 10.1. The molecule has 21 heavy (non-hydrogen) atoms. The zero-order valence-electron chi connectivity index (χ0n) is 12.8. The fourth-order valence-electron chi connectivity index (χ4n) is 2.03. The summed E-state index contributed by atoms with van der Waals surface area (Å²) in [6.07, 6.45) is 3.11. The van der Waals surface area contributed by atoms with Crippen LogP contribution in [-0.4, -0.2) is 20.9 Å². The predicted molar refractivity (Wildman–Crippen MR) is 83.6 cm³/mol. The van der Waals surface area contributed by atoms with E-state index in [1.54, 1.807) is 19.1 Å². The van der Waals surface area contributed by atoms with Crippen LogP contribution in [-0.2, 0) is 10.0 Å². The molecule has 1 amide bonds. The van der Waals surface area contributed by atoms with Crippen LogP contribution < -0.4 is 10.5 Å². The predicted octanol–water partition coefficient (Wildman–Crippen LogP) is 2.20. The number of rotatable bonds is 7. The van der Waals surface area contributed by atoms with Crippen LogP contribution >= 0.6 is 0 Å². The molecule has 0 radical (unpaired) electrons. The van der Waals surface area contributed by atoms with E-state index in [-0.39, 0.29) is 10.8 Å². The van der Waals surface area contributed by atoms with Crippen molar-refractivity contribution in [3.05, 3.63) is 29.3 Å². The lowest BCUT2D eigenvalue weighted by molar-refractivity contribution is 0.0952. The van der Waals surface area contributed by atoms with Gasteiger partial charge in [-0.3, -0.25) is 4.79 Å². The van der Waals surface area contributed by atoms with Gasteiger partial charge in [-0.1, -0.05) is 32.8 Å². The molecule has 5 nitrogen and oxygen atoms in total. The summed E-state index contributed by atoms with van der Waals surface area (Å²) in [5, 5.41) is 7.93. The van der Waals surface area contributed by atoms with Crippen LogP contribution in [0.5, 0.6) is 0 Å². The summed E-state index contributed by atoms with van der Waals surface area (Å²) in [5.74, 6) is 0.388. The van der Waals surface area contributed by atoms with Crippen molar-refractivity contribution in [1.29, 1.82) is 0 Å². The first-order chi connectivity index (χ1) is 9.71. The Bertz CT molecular complexity index is 595. The smallest absolute Gasteiger partial charge is 0.251 e. The van der Waals surface area contributed by atoms with E-state index in [0.29, 0.717) is 23.6 Å². The topological polar surface area (TPSA) is 89.3 Å². The van der Waals surface area contributed by atoms with E-state index < -0.39 is 10.0 Å². The van der Waals surface area contributed by atoms with Crippen LogP contribution in [0.3, 0.4) is 0 Å². The second kappa shape index (κ2) is 7.56. The van der Waals surface area contributed by atoms with Crippen molar-refractivity contribution in [2.45, 2.75) is 44.9 Å². The number of unbranched alkanes of at least 4 members (excludes halogenated alkanes) is 1. The van der Waals surface area contributed by atoms with Gasteiger partial charge in [0.1, 0.15) is 0 Å². The van der Waals surface area contributed by atoms with Crippen LogP contribution in [0.2, 0.25) is 0 Å². The molecule has 0 aliphatic carbocycles. The minimum absolute atomic E-state index is 0.00467. The number of hydrogen-bond donors (Lipinski definition) is 2. The van der Waals surface area contributed by atoms with Gasteiger partial charge in [0.25, 0.3) is 5.91 Å². The van der Waals surface area contributed by atoms with Crippen LogP contribution in [0.1, 0.15) is 49.0 Å². The quantitative estimate of drug-likeness (QED) is 0.756. The van der Waals surface area contributed by atoms with E-state index in [9.17, 15) is 13.2 Å². The maximum atomic E-state index is 12.0. The SMILES string of the molecule is Cc1ccc(C(=O)NCCCCC(C)C)cc1S(N)(=O)=O. The maximum Gasteiger partial charge on any atom is 0.251 e. The lowest BCUT2D eigenvalue weighted by Gasteiger charge is -2.09. The Labute approximate surface area is 127 Å². The minimum atomic E-state index is -3.81. The first kappa shape index (κ1) is 17.7. The van der Waals surface area contributed by atoms with Crippen molar-refractivity contribution in [3.63, 3.8) is 0 Å². The van der Waals surface area contributed by atoms with Gasteiger partial charge in [-0.15, -0.1) is 0 Å². The number of nitrogens with two attached hydrogens (primary N) is 1. The highest BCUT2D eigenvalue weighted by Gasteiger charge is 2.14. The van der Waals surface area contributed by atoms with Crippen molar-refractivity contribution in [3.8, 4) is 0 Å². The minimum Gasteiger partial charge on any atom is -0.352 e. The van der Waals surface area contributed by atoms with Crippen LogP contribution in [0, 0.1) is 12.8 Å². The zero-order valence-corrected chi connectivity index (χ0v) is 13.7. The van der Waals surface area contributed by atoms with E-state index in [1.807, 2.05) is 0 Å². The summed E-state index contributed by atoms with van der Waals surface area (Å²) in [6.45, 7) is 6.57. The number of carbonyl (C=O) groups is 1. The third-order valence-electron chi connectivity index (χ3n) is 3.25. The van der Waals surface area contributed by atoms with Gasteiger partial charge in [0.05, 0.1) is 4.90 Å². The summed E-state index contributed by atoms with van der Waals surface area (Å²) >= 11 is 0. The number of benzene rings is 1. The molecule has 118 valence electrons. The van der Waals surface area contributed by atoms with Gasteiger partial charge < -0.3 is 5.32 Å². The first-order valence-corrected chi connectivity index (χ1v) is 8.68. The number of aryl methyl sites for hydroxylation is 1. The van der Waals surface area contributed by atoms with Gasteiger partial charge in [-0.25, -0.2) is 13.6 Å². The molecular formula is C15H24N2O3S. The Balaban J connectivity index is 2.63. The highest BCUT2D eigenvalue weighted by atomic mass is 32.2. The molecule has 0 heterocycles. The third kappa shape index (κ3) is 5.85. The van der Waals surface area contributed by atoms with E-state index in [0.717, 1.165) is 19.3 Å². The standard InChI is InChI=1S/C15H24N2O3S/c1-11(2)6-4-5-9-17-15(18)13-8-7-12(3)14(10-13)21(16,19)20/h7-8,10-11H,4-6,9H2,1-3H3,(H,17,18)(H2,16,19,20). The molecule has 0 saturated heterocycles. The molecule has 3 N–H and O–H groups in total. The molecule has 1 aromatic carbocycles. The van der Waals surface area contributed by atoms with Crippen LogP contribution in [0.4, 0.5) is 0 Å². The van der Waals surface area contributed by atoms with Crippen molar-refractivity contribution in [2.75, 3.05) is 6.54 Å². The molecule has 0 bridgehead atoms. The Morgan fingerprint density at radius 1 is 1.29 bits per heavy atom. The van der Waals surface area contributed by atoms with Crippen LogP contribution in [0.15, 0.2) is 23.1 Å². The summed E-state index contributed by atoms with van der Waals surface area (Å²) in [4.78, 5) is 12.0. The summed E-state index contributed by atoms with van der Waals surface area (Å²) < 4.78 is 22.9. The van der Waals surface area contributed by atoms with E-state index in [1.165, 1.54) is 6.07 Å². The Morgan fingerprint density at radius 2 is 1.95 bits per heavy atom. The molecule has 0 fully saturated rings. The van der Waals surface area contributed by atoms with Crippen molar-refractivity contribution < 1.29 is 13.2 Å². The molecule has 0 aromatic heterocycles. The summed E-state index contributed by atoms with van der Waals surface area (Å²) in [6, 6.07) is 4.52. The van der Waals surface area contributed by atoms with Gasteiger partial charge in [0.15, 0.2) is 0 Å². The fourth-order valence-corrected chi connectivity index (χ4v) is 2.84. The zero-order chi connectivity index (χ0) is 16.0. The molecule has 0 aliphatic rings. The lowest BCUT2D eigenvalue weighted by Crippen LogP contribution is -2.25. The molecule has 0 aliphatic heterocycles. The van der Waals surface area contributed by atoms with Gasteiger partial charge in [-0.2, -0.15) is 0 Å². The molecule has 0 spiro atoms. The highest BCUT2D eigenvalue weighted by Crippen LogP contribution is 2.15. The Hall–Kier alpha value is -1.40. The number of amides is 1. The largest absolute Gasteiger partial charge is 0.352 e. The highest BCUT2D eigenvalue weighted by molar-refractivity contribution is 7.89. The normalized spacial score (nSPS) is 11.7. The van der Waals surface area contributed by atoms with Crippen molar-refractivity contribution in [2.24, 2.45) is 11.1 Å². The molecule has 6 heteroatoms. The number of primary sulfonamides is 1. The van der Waals surface area contributed by atoms with Gasteiger partial charge >= 0.3 is 0 Å². The van der Waals surface area contributed by atoms with Gasteiger partial charge in [0.2, 0.25) is 10.0 Å². The summed E-state index contributed by atoms with van der Waals surface area (Å²) in [7, 11) is -3.81. The average Bonchev–Trinajstić information content (AvgIpc) is 2.36. The molecule has 1 aromatic rings. The molecule has 1 rings (SSSR count). The van der Waals surface area contributed by atoms with Crippen LogP contribution in [0.25, 0.3) is 0 Å². The Morgan fingerprint density at radius 3 is 2.52 bits per heavy atom. The number of sulfonamides is 1. The molecule has 0 saturated carbocycles. The average molecular weight is 312 g/mol. The molecule has 0 atom stereocenters. The van der Waals surface area contributed by atoms with E-state index >= 15 is 0 Å². The second-order valence-corrected chi connectivity index (χ2v) is 7.20. The van der Waals surface area contributed by atoms with Gasteiger partial charge in [0, 0.05) is 12.1 Å². The van der Waals surface area contributed by atoms with E-state index in [2.05, 4.69) is 19.2 Å². The molecule has 0 unspecified atom stereocenters. The van der Waals surface area contributed by atoms with Gasteiger partial charge in [-0.05, 0) is 37.0 Å². The number of hydrogen-bond acceptors (Lipinski definition) is 3. The molecular weight excluding hydrogens is 288 g/mol. The van der Waals surface area contributed by atoms with E-state index in [4.69, 9.17) is 5.14 Å². The monoisotopic (exact) mass is 312 g/mol. The third-order valence-corrected chi connectivity index (χ3v) is 4.30. The fraction of sp³-hybridized carbons (Fsp3) is 0.533. The van der Waals surface area contributed by atoms with Crippen molar-refractivity contribution in [1.82, 2.24) is 5.32 Å². The second-order valence-electron chi connectivity index (χ2n) is 5.67. The Kier molecular flexibility index (Phi) is 6.36. The van der Waals surface area contributed by atoms with Crippen molar-refractivity contribution >= 4 is 15.9 Å². The summed E-state index contributed by atoms with van der Waals surface area (Å²) in [5.41, 5.74) is 0.847. The number of carbonyl (C=O) groups excluding carboxylic acids is 1. The maximum absolute atomic E-state index is 12.0. The number of nitrogens with one attached hydrogen (secondary N) is 1. The first-order valence-electron chi connectivity index (χ1n) is 7.13.